The van der Waals surface area contributed by atoms with Crippen LogP contribution in [-0.2, 0) is 21.3 Å². The molecule has 24 heavy (non-hydrogen) atoms. The fourth-order valence-electron chi connectivity index (χ4n) is 3.80. The van der Waals surface area contributed by atoms with E-state index in [4.69, 9.17) is 11.6 Å². The SMILES string of the molecule is CS(=O)Cc1cc(NC(=O)CC2CC3CCC(C2)N3)ccc1Cl.Cl. The molecule has 2 N–H and O–H groups in total. The van der Waals surface area contributed by atoms with Gasteiger partial charge < -0.3 is 10.6 Å². The van der Waals surface area contributed by atoms with E-state index in [0.29, 0.717) is 35.2 Å². The lowest BCUT2D eigenvalue weighted by molar-refractivity contribution is -0.117. The Morgan fingerprint density at radius 2 is 2.00 bits per heavy atom. The quantitative estimate of drug-likeness (QED) is 0.808. The largest absolute Gasteiger partial charge is 0.326 e. The highest BCUT2D eigenvalue weighted by atomic mass is 35.5. The van der Waals surface area contributed by atoms with Crippen LogP contribution in [-0.4, -0.2) is 28.5 Å². The average Bonchev–Trinajstić information content (AvgIpc) is 2.81. The first-order valence-corrected chi connectivity index (χ1v) is 10.2. The smallest absolute Gasteiger partial charge is 0.224 e. The number of hydrogen-bond donors (Lipinski definition) is 2. The van der Waals surface area contributed by atoms with Crippen LogP contribution in [0.5, 0.6) is 0 Å². The topological polar surface area (TPSA) is 58.2 Å². The molecule has 1 aromatic rings. The molecule has 0 spiro atoms. The van der Waals surface area contributed by atoms with Crippen LogP contribution >= 0.6 is 24.0 Å². The van der Waals surface area contributed by atoms with Gasteiger partial charge in [-0.25, -0.2) is 0 Å². The molecule has 2 fully saturated rings. The molecule has 2 heterocycles. The van der Waals surface area contributed by atoms with Crippen LogP contribution in [0, 0.1) is 5.92 Å². The number of carbonyl (C=O) groups excluding carboxylic acids is 1. The van der Waals surface area contributed by atoms with E-state index in [-0.39, 0.29) is 18.3 Å². The maximum absolute atomic E-state index is 12.3. The summed E-state index contributed by atoms with van der Waals surface area (Å²) < 4.78 is 11.4. The van der Waals surface area contributed by atoms with Crippen molar-refractivity contribution in [2.75, 3.05) is 11.6 Å². The van der Waals surface area contributed by atoms with Gasteiger partial charge in [0.05, 0.1) is 0 Å². The van der Waals surface area contributed by atoms with Gasteiger partial charge in [0.25, 0.3) is 0 Å². The zero-order valence-corrected chi connectivity index (χ0v) is 16.1. The standard InChI is InChI=1S/C17H23ClN2O2S.ClH/c1-23(22)10-12-9-15(4-5-16(12)18)20-17(21)8-11-6-13-2-3-14(7-11)19-13;/h4-5,9,11,13-14,19H,2-3,6-8,10H2,1H3,(H,20,21);1H. The third kappa shape index (κ3) is 5.19. The van der Waals surface area contributed by atoms with E-state index in [2.05, 4.69) is 10.6 Å². The van der Waals surface area contributed by atoms with Gasteiger partial charge in [0.1, 0.15) is 0 Å². The molecular weight excluding hydrogens is 367 g/mol. The van der Waals surface area contributed by atoms with Crippen molar-refractivity contribution < 1.29 is 9.00 Å². The van der Waals surface area contributed by atoms with E-state index in [1.165, 1.54) is 12.8 Å². The molecule has 2 bridgehead atoms. The minimum atomic E-state index is -0.959. The van der Waals surface area contributed by atoms with Crippen molar-refractivity contribution in [1.82, 2.24) is 5.32 Å². The fourth-order valence-corrected chi connectivity index (χ4v) is 4.74. The van der Waals surface area contributed by atoms with Crippen molar-refractivity contribution in [2.24, 2.45) is 5.92 Å². The summed E-state index contributed by atoms with van der Waals surface area (Å²) in [5.41, 5.74) is 1.54. The van der Waals surface area contributed by atoms with Crippen molar-refractivity contribution in [2.45, 2.75) is 49.9 Å². The molecule has 2 aliphatic rings. The Balaban J connectivity index is 0.00000208. The Bertz CT molecular complexity index is 615. The van der Waals surface area contributed by atoms with Gasteiger partial charge in [0.15, 0.2) is 0 Å². The molecule has 3 atom stereocenters. The highest BCUT2D eigenvalue weighted by molar-refractivity contribution is 7.83. The van der Waals surface area contributed by atoms with Gasteiger partial charge in [-0.3, -0.25) is 9.00 Å². The van der Waals surface area contributed by atoms with Crippen LogP contribution < -0.4 is 10.6 Å². The van der Waals surface area contributed by atoms with Gasteiger partial charge in [0.2, 0.25) is 5.91 Å². The number of fused-ring (bicyclic) bond motifs is 2. The number of anilines is 1. The minimum Gasteiger partial charge on any atom is -0.326 e. The predicted octanol–water partition coefficient (Wildman–Crippen LogP) is 3.50. The van der Waals surface area contributed by atoms with E-state index in [1.807, 2.05) is 6.07 Å². The first kappa shape index (κ1) is 19.7. The van der Waals surface area contributed by atoms with Gasteiger partial charge >= 0.3 is 0 Å². The maximum Gasteiger partial charge on any atom is 0.224 e. The van der Waals surface area contributed by atoms with E-state index < -0.39 is 10.8 Å². The third-order valence-electron chi connectivity index (χ3n) is 4.73. The van der Waals surface area contributed by atoms with Crippen molar-refractivity contribution in [3.05, 3.63) is 28.8 Å². The summed E-state index contributed by atoms with van der Waals surface area (Å²) in [5.74, 6) is 0.936. The number of rotatable bonds is 5. The Kier molecular flexibility index (Phi) is 7.10. The van der Waals surface area contributed by atoms with Crippen LogP contribution in [0.3, 0.4) is 0 Å². The predicted molar refractivity (Wildman–Crippen MR) is 102 cm³/mol. The van der Waals surface area contributed by atoms with Crippen molar-refractivity contribution in [3.8, 4) is 0 Å². The number of hydrogen-bond acceptors (Lipinski definition) is 3. The average molecular weight is 391 g/mol. The lowest BCUT2D eigenvalue weighted by atomic mass is 9.89. The van der Waals surface area contributed by atoms with Crippen molar-refractivity contribution in [1.29, 1.82) is 0 Å². The maximum atomic E-state index is 12.3. The van der Waals surface area contributed by atoms with Crippen molar-refractivity contribution in [3.63, 3.8) is 0 Å². The first-order chi connectivity index (χ1) is 11.0. The van der Waals surface area contributed by atoms with Gasteiger partial charge in [0, 0.05) is 52.0 Å². The molecule has 3 rings (SSSR count). The molecule has 1 aromatic carbocycles. The zero-order chi connectivity index (χ0) is 16.4. The molecular formula is C17H24Cl2N2O2S. The van der Waals surface area contributed by atoms with Crippen LogP contribution in [0.2, 0.25) is 5.02 Å². The lowest BCUT2D eigenvalue weighted by Gasteiger charge is -2.28. The summed E-state index contributed by atoms with van der Waals surface area (Å²) in [6.07, 6.45) is 6.92. The summed E-state index contributed by atoms with van der Waals surface area (Å²) in [7, 11) is -0.959. The highest BCUT2D eigenvalue weighted by Crippen LogP contribution is 2.33. The number of carbonyl (C=O) groups is 1. The Labute approximate surface area is 157 Å². The summed E-state index contributed by atoms with van der Waals surface area (Å²) in [6.45, 7) is 0. The van der Waals surface area contributed by atoms with Crippen LogP contribution in [0.15, 0.2) is 18.2 Å². The number of nitrogens with one attached hydrogen (secondary N) is 2. The van der Waals surface area contributed by atoms with Crippen molar-refractivity contribution >= 4 is 46.4 Å². The van der Waals surface area contributed by atoms with E-state index in [9.17, 15) is 9.00 Å². The van der Waals surface area contributed by atoms with E-state index >= 15 is 0 Å². The molecule has 3 unspecified atom stereocenters. The summed E-state index contributed by atoms with van der Waals surface area (Å²) in [5, 5.41) is 7.15. The summed E-state index contributed by atoms with van der Waals surface area (Å²) in [4.78, 5) is 12.3. The molecule has 0 saturated carbocycles. The zero-order valence-electron chi connectivity index (χ0n) is 13.7. The number of piperidine rings is 1. The molecule has 2 saturated heterocycles. The molecule has 4 nitrogen and oxygen atoms in total. The van der Waals surface area contributed by atoms with Gasteiger partial charge in [-0.2, -0.15) is 0 Å². The number of halogens is 2. The Morgan fingerprint density at radius 1 is 1.33 bits per heavy atom. The molecule has 0 aromatic heterocycles. The molecule has 2 aliphatic heterocycles. The summed E-state index contributed by atoms with van der Waals surface area (Å²) in [6, 6.07) is 6.59. The third-order valence-corrected chi connectivity index (χ3v) is 5.82. The van der Waals surface area contributed by atoms with E-state index in [0.717, 1.165) is 24.1 Å². The normalized spacial score (nSPS) is 26.5. The second-order valence-electron chi connectivity index (χ2n) is 6.75. The van der Waals surface area contributed by atoms with Gasteiger partial charge in [-0.05, 0) is 55.4 Å². The molecule has 0 aliphatic carbocycles. The van der Waals surface area contributed by atoms with Crippen LogP contribution in [0.4, 0.5) is 5.69 Å². The van der Waals surface area contributed by atoms with Gasteiger partial charge in [-0.1, -0.05) is 11.6 Å². The monoisotopic (exact) mass is 390 g/mol. The van der Waals surface area contributed by atoms with Crippen LogP contribution in [0.1, 0.15) is 37.7 Å². The number of benzene rings is 1. The van der Waals surface area contributed by atoms with Gasteiger partial charge in [-0.15, -0.1) is 12.4 Å². The second kappa shape index (κ2) is 8.65. The van der Waals surface area contributed by atoms with Crippen LogP contribution in [0.25, 0.3) is 0 Å². The molecule has 134 valence electrons. The molecule has 0 radical (unpaired) electrons. The lowest BCUT2D eigenvalue weighted by Crippen LogP contribution is -2.39. The molecule has 1 amide bonds. The Hall–Kier alpha value is -0.620. The minimum absolute atomic E-state index is 0. The number of amides is 1. The fraction of sp³-hybridized carbons (Fsp3) is 0.588. The Morgan fingerprint density at radius 3 is 2.62 bits per heavy atom. The molecule has 7 heteroatoms. The highest BCUT2D eigenvalue weighted by Gasteiger charge is 2.34. The van der Waals surface area contributed by atoms with E-state index in [1.54, 1.807) is 18.4 Å². The summed E-state index contributed by atoms with van der Waals surface area (Å²) >= 11 is 6.12. The second-order valence-corrected chi connectivity index (χ2v) is 8.59. The first-order valence-electron chi connectivity index (χ1n) is 8.14.